The number of nitrogens with zero attached hydrogens (tertiary/aromatic N) is 1. The Bertz CT molecular complexity index is 380. The molecule has 1 aromatic carbocycles. The largest absolute Gasteiger partial charge is 0.489 e. The molecule has 0 saturated carbocycles. The van der Waals surface area contributed by atoms with E-state index in [2.05, 4.69) is 17.1 Å². The van der Waals surface area contributed by atoms with Gasteiger partial charge in [-0.25, -0.2) is 0 Å². The van der Waals surface area contributed by atoms with E-state index in [1.165, 1.54) is 0 Å². The minimum Gasteiger partial charge on any atom is -0.489 e. The summed E-state index contributed by atoms with van der Waals surface area (Å²) in [6.07, 6.45) is 0. The van der Waals surface area contributed by atoms with Gasteiger partial charge < -0.3 is 10.1 Å². The van der Waals surface area contributed by atoms with Crippen LogP contribution in [0.3, 0.4) is 0 Å². The summed E-state index contributed by atoms with van der Waals surface area (Å²) in [5.74, 6) is 0.587. The third-order valence-electron chi connectivity index (χ3n) is 3.18. The number of hydrogen-bond acceptors (Lipinski definition) is 3. The van der Waals surface area contributed by atoms with Gasteiger partial charge in [0.15, 0.2) is 5.75 Å². The molecule has 1 aliphatic heterocycles. The molecule has 1 aromatic rings. The van der Waals surface area contributed by atoms with Crippen molar-refractivity contribution in [3.05, 3.63) is 28.2 Å². The second-order valence-corrected chi connectivity index (χ2v) is 5.30. The highest BCUT2D eigenvalue weighted by Crippen LogP contribution is 2.32. The van der Waals surface area contributed by atoms with Crippen LogP contribution in [-0.2, 0) is 0 Å². The summed E-state index contributed by atoms with van der Waals surface area (Å²) in [4.78, 5) is 2.40. The highest BCUT2D eigenvalue weighted by molar-refractivity contribution is 6.37. The Hall–Kier alpha value is -0.480. The van der Waals surface area contributed by atoms with Crippen LogP contribution < -0.4 is 10.1 Å². The zero-order valence-electron chi connectivity index (χ0n) is 10.5. The van der Waals surface area contributed by atoms with Gasteiger partial charge in [0.2, 0.25) is 0 Å². The molecule has 0 radical (unpaired) electrons. The van der Waals surface area contributed by atoms with E-state index >= 15 is 0 Å². The van der Waals surface area contributed by atoms with Crippen molar-refractivity contribution in [2.75, 3.05) is 32.8 Å². The Morgan fingerprint density at radius 3 is 2.78 bits per heavy atom. The molecule has 1 atom stereocenters. The van der Waals surface area contributed by atoms with Gasteiger partial charge in [0.05, 0.1) is 10.0 Å². The molecular formula is C13H18Cl2N2O. The Kier molecular flexibility index (Phi) is 5.13. The molecule has 5 heteroatoms. The van der Waals surface area contributed by atoms with Crippen molar-refractivity contribution in [2.24, 2.45) is 0 Å². The third kappa shape index (κ3) is 3.51. The van der Waals surface area contributed by atoms with E-state index in [1.54, 1.807) is 12.1 Å². The fraction of sp³-hybridized carbons (Fsp3) is 0.538. The molecule has 0 amide bonds. The number of nitrogens with one attached hydrogen (secondary N) is 1. The molecule has 1 unspecified atom stereocenters. The molecule has 2 rings (SSSR count). The van der Waals surface area contributed by atoms with E-state index < -0.39 is 0 Å². The molecule has 0 bridgehead atoms. The van der Waals surface area contributed by atoms with Crippen LogP contribution in [0.5, 0.6) is 5.75 Å². The van der Waals surface area contributed by atoms with Crippen LogP contribution in [0, 0.1) is 0 Å². The van der Waals surface area contributed by atoms with Gasteiger partial charge in [-0.15, -0.1) is 0 Å². The number of benzene rings is 1. The molecule has 3 nitrogen and oxygen atoms in total. The first-order chi connectivity index (χ1) is 8.68. The van der Waals surface area contributed by atoms with Gasteiger partial charge in [-0.05, 0) is 19.1 Å². The quantitative estimate of drug-likeness (QED) is 0.922. The zero-order chi connectivity index (χ0) is 13.0. The maximum absolute atomic E-state index is 6.05. The van der Waals surface area contributed by atoms with E-state index in [-0.39, 0.29) is 0 Å². The molecule has 0 spiro atoms. The number of hydrogen-bond donors (Lipinski definition) is 1. The number of rotatable bonds is 4. The van der Waals surface area contributed by atoms with Crippen LogP contribution in [0.2, 0.25) is 10.0 Å². The van der Waals surface area contributed by atoms with Crippen molar-refractivity contribution >= 4 is 23.2 Å². The van der Waals surface area contributed by atoms with Crippen LogP contribution in [0.15, 0.2) is 18.2 Å². The first-order valence-electron chi connectivity index (χ1n) is 6.20. The molecule has 1 N–H and O–H groups in total. The van der Waals surface area contributed by atoms with Gasteiger partial charge in [0.1, 0.15) is 6.61 Å². The summed E-state index contributed by atoms with van der Waals surface area (Å²) in [6, 6.07) is 5.94. The molecule has 18 heavy (non-hydrogen) atoms. The van der Waals surface area contributed by atoms with Crippen molar-refractivity contribution in [3.63, 3.8) is 0 Å². The van der Waals surface area contributed by atoms with Gasteiger partial charge in [0, 0.05) is 32.2 Å². The Labute approximate surface area is 118 Å². The second kappa shape index (κ2) is 6.62. The lowest BCUT2D eigenvalue weighted by Crippen LogP contribution is -2.50. The lowest BCUT2D eigenvalue weighted by atomic mass is 10.2. The molecule has 0 aromatic heterocycles. The molecule has 1 saturated heterocycles. The molecule has 1 fully saturated rings. The predicted molar refractivity (Wildman–Crippen MR) is 75.9 cm³/mol. The Morgan fingerprint density at radius 1 is 1.39 bits per heavy atom. The van der Waals surface area contributed by atoms with Gasteiger partial charge >= 0.3 is 0 Å². The Morgan fingerprint density at radius 2 is 2.11 bits per heavy atom. The number of halogens is 2. The lowest BCUT2D eigenvalue weighted by molar-refractivity contribution is 0.143. The first-order valence-corrected chi connectivity index (χ1v) is 6.95. The zero-order valence-corrected chi connectivity index (χ0v) is 12.0. The number of piperazine rings is 1. The van der Waals surface area contributed by atoms with Crippen molar-refractivity contribution in [1.82, 2.24) is 10.2 Å². The van der Waals surface area contributed by atoms with E-state index in [9.17, 15) is 0 Å². The summed E-state index contributed by atoms with van der Waals surface area (Å²) in [5, 5.41) is 4.50. The van der Waals surface area contributed by atoms with E-state index in [0.717, 1.165) is 26.2 Å². The van der Waals surface area contributed by atoms with Gasteiger partial charge in [-0.2, -0.15) is 0 Å². The van der Waals surface area contributed by atoms with E-state index in [0.29, 0.717) is 28.4 Å². The van der Waals surface area contributed by atoms with Crippen LogP contribution in [0.4, 0.5) is 0 Å². The minimum atomic E-state index is 0.545. The number of ether oxygens (including phenoxy) is 1. The number of para-hydroxylation sites is 1. The average molecular weight is 289 g/mol. The standard InChI is InChI=1S/C13H18Cl2N2O/c1-10-9-16-5-6-17(10)7-8-18-13-11(14)3-2-4-12(13)15/h2-4,10,16H,5-9H2,1H3. The van der Waals surface area contributed by atoms with Crippen molar-refractivity contribution < 1.29 is 4.74 Å². The highest BCUT2D eigenvalue weighted by atomic mass is 35.5. The molecule has 1 heterocycles. The van der Waals surface area contributed by atoms with Crippen molar-refractivity contribution in [3.8, 4) is 5.75 Å². The summed E-state index contributed by atoms with van der Waals surface area (Å²) in [6.45, 7) is 6.84. The van der Waals surface area contributed by atoms with Crippen LogP contribution in [-0.4, -0.2) is 43.7 Å². The Balaban J connectivity index is 1.84. The van der Waals surface area contributed by atoms with Gasteiger partial charge in [0.25, 0.3) is 0 Å². The van der Waals surface area contributed by atoms with Crippen LogP contribution >= 0.6 is 23.2 Å². The summed E-state index contributed by atoms with van der Waals surface area (Å²) >= 11 is 12.1. The summed E-state index contributed by atoms with van der Waals surface area (Å²) < 4.78 is 5.69. The lowest BCUT2D eigenvalue weighted by Gasteiger charge is -2.33. The normalized spacial score (nSPS) is 20.9. The van der Waals surface area contributed by atoms with Gasteiger partial charge in [-0.1, -0.05) is 29.3 Å². The monoisotopic (exact) mass is 288 g/mol. The molecule has 100 valence electrons. The van der Waals surface area contributed by atoms with E-state index in [4.69, 9.17) is 27.9 Å². The first kappa shape index (κ1) is 13.9. The summed E-state index contributed by atoms with van der Waals surface area (Å²) in [7, 11) is 0. The molecular weight excluding hydrogens is 271 g/mol. The van der Waals surface area contributed by atoms with E-state index in [1.807, 2.05) is 6.07 Å². The second-order valence-electron chi connectivity index (χ2n) is 4.49. The third-order valence-corrected chi connectivity index (χ3v) is 3.78. The fourth-order valence-electron chi connectivity index (χ4n) is 2.10. The highest BCUT2D eigenvalue weighted by Gasteiger charge is 2.17. The maximum atomic E-state index is 6.05. The summed E-state index contributed by atoms with van der Waals surface area (Å²) in [5.41, 5.74) is 0. The topological polar surface area (TPSA) is 24.5 Å². The minimum absolute atomic E-state index is 0.545. The SMILES string of the molecule is CC1CNCCN1CCOc1c(Cl)cccc1Cl. The fourth-order valence-corrected chi connectivity index (χ4v) is 2.61. The van der Waals surface area contributed by atoms with Crippen molar-refractivity contribution in [1.29, 1.82) is 0 Å². The smallest absolute Gasteiger partial charge is 0.156 e. The predicted octanol–water partition coefficient (Wildman–Crippen LogP) is 2.67. The van der Waals surface area contributed by atoms with Crippen molar-refractivity contribution in [2.45, 2.75) is 13.0 Å². The van der Waals surface area contributed by atoms with Crippen LogP contribution in [0.25, 0.3) is 0 Å². The molecule has 1 aliphatic rings. The maximum Gasteiger partial charge on any atom is 0.156 e. The van der Waals surface area contributed by atoms with Gasteiger partial charge in [-0.3, -0.25) is 4.90 Å². The average Bonchev–Trinajstić information content (AvgIpc) is 2.35. The molecule has 0 aliphatic carbocycles. The van der Waals surface area contributed by atoms with Crippen LogP contribution in [0.1, 0.15) is 6.92 Å².